The number of nitrogens with one attached hydrogen (secondary N) is 2. The Balaban J connectivity index is 1.39. The SMILES string of the molecule is C=CC(=O)N1CCC[C@@H](NC(=C)c2sc3nccc4c3c2[nH]c(=C)n4-c2cccc(-c3cccc(Cl)c3)c2)C1. The molecule has 2 N–H and O–H groups in total. The summed E-state index contributed by atoms with van der Waals surface area (Å²) in [4.78, 5) is 24.1. The number of carbonyl (C=O) groups excluding carboxylic acids is 1. The third-order valence-corrected chi connectivity index (χ3v) is 8.57. The lowest BCUT2D eigenvalue weighted by Crippen LogP contribution is -2.46. The van der Waals surface area contributed by atoms with Crippen LogP contribution in [0.2, 0.25) is 5.02 Å². The van der Waals surface area contributed by atoms with E-state index in [2.05, 4.69) is 63.9 Å². The number of H-pyrrole nitrogens is 1. The maximum Gasteiger partial charge on any atom is 0.246 e. The third kappa shape index (κ3) is 4.68. The van der Waals surface area contributed by atoms with Gasteiger partial charge in [0.05, 0.1) is 21.3 Å². The van der Waals surface area contributed by atoms with Crippen molar-refractivity contribution in [1.82, 2.24) is 24.8 Å². The van der Waals surface area contributed by atoms with Crippen molar-refractivity contribution in [2.24, 2.45) is 0 Å². The molecule has 6 rings (SSSR count). The highest BCUT2D eigenvalue weighted by atomic mass is 35.5. The van der Waals surface area contributed by atoms with Gasteiger partial charge in [-0.3, -0.25) is 9.36 Å². The average molecular weight is 554 g/mol. The minimum Gasteiger partial charge on any atom is -0.380 e. The molecule has 0 bridgehead atoms. The maximum atomic E-state index is 12.2. The molecule has 0 spiro atoms. The van der Waals surface area contributed by atoms with Gasteiger partial charge in [0.2, 0.25) is 5.91 Å². The number of halogens is 1. The molecule has 1 aliphatic heterocycles. The molecule has 6 nitrogen and oxygen atoms in total. The van der Waals surface area contributed by atoms with Crippen LogP contribution in [0, 0.1) is 0 Å². The van der Waals surface area contributed by atoms with Gasteiger partial charge in [0.1, 0.15) is 10.3 Å². The van der Waals surface area contributed by atoms with E-state index in [4.69, 9.17) is 11.6 Å². The molecular weight excluding hydrogens is 526 g/mol. The number of pyridine rings is 1. The fourth-order valence-electron chi connectivity index (χ4n) is 5.39. The summed E-state index contributed by atoms with van der Waals surface area (Å²) in [7, 11) is 0. The predicted molar refractivity (Wildman–Crippen MR) is 163 cm³/mol. The summed E-state index contributed by atoms with van der Waals surface area (Å²) in [6.45, 7) is 13.8. The highest BCUT2D eigenvalue weighted by Crippen LogP contribution is 2.37. The molecule has 1 atom stereocenters. The summed E-state index contributed by atoms with van der Waals surface area (Å²) >= 11 is 7.86. The van der Waals surface area contributed by atoms with Gasteiger partial charge in [-0.1, -0.05) is 55.6 Å². The molecule has 4 heterocycles. The van der Waals surface area contributed by atoms with Gasteiger partial charge in [0.25, 0.3) is 0 Å². The Morgan fingerprint density at radius 2 is 1.97 bits per heavy atom. The number of amides is 1. The fourth-order valence-corrected chi connectivity index (χ4v) is 6.64. The van der Waals surface area contributed by atoms with E-state index in [9.17, 15) is 4.79 Å². The van der Waals surface area contributed by atoms with Crippen LogP contribution in [0.1, 0.15) is 17.7 Å². The second-order valence-electron chi connectivity index (χ2n) is 9.73. The standard InChI is InChI=1S/C31H28ClN5OS/c1-4-27(38)36-15-7-11-24(18-36)34-19(2)30-29-28-26(13-14-33-31(28)39-30)37(20(3)35-29)25-12-6-9-22(17-25)21-8-5-10-23(32)16-21/h4-6,8-10,12-14,16-17,24,34-35H,1-3,7,11,15,18H2/t24-/m1/s1. The number of carbonyl (C=O) groups is 1. The van der Waals surface area contributed by atoms with E-state index in [0.717, 1.165) is 73.5 Å². The topological polar surface area (TPSA) is 66.0 Å². The van der Waals surface area contributed by atoms with Gasteiger partial charge in [-0.2, -0.15) is 0 Å². The zero-order valence-electron chi connectivity index (χ0n) is 21.4. The van der Waals surface area contributed by atoms with Crippen molar-refractivity contribution in [2.45, 2.75) is 18.9 Å². The highest BCUT2D eigenvalue weighted by Gasteiger charge is 2.24. The smallest absolute Gasteiger partial charge is 0.246 e. The number of aromatic nitrogens is 3. The van der Waals surface area contributed by atoms with Gasteiger partial charge in [-0.05, 0) is 60.4 Å². The molecule has 0 aliphatic carbocycles. The molecule has 2 aromatic carbocycles. The minimum atomic E-state index is -0.0320. The molecular formula is C31H28ClN5OS. The van der Waals surface area contributed by atoms with Crippen LogP contribution in [0.4, 0.5) is 0 Å². The first-order valence-corrected chi connectivity index (χ1v) is 14.0. The second kappa shape index (κ2) is 10.2. The van der Waals surface area contributed by atoms with Gasteiger partial charge in [-0.25, -0.2) is 4.98 Å². The Morgan fingerprint density at radius 1 is 1.18 bits per heavy atom. The number of nitrogens with zero attached hydrogens (tertiary/aromatic N) is 3. The third-order valence-electron chi connectivity index (χ3n) is 7.17. The summed E-state index contributed by atoms with van der Waals surface area (Å²) in [5.41, 5.74) is 6.63. The van der Waals surface area contributed by atoms with E-state index in [-0.39, 0.29) is 11.9 Å². The van der Waals surface area contributed by atoms with Gasteiger partial charge >= 0.3 is 0 Å². The lowest BCUT2D eigenvalue weighted by molar-refractivity contribution is -0.127. The average Bonchev–Trinajstić information content (AvgIpc) is 3.32. The number of rotatable bonds is 6. The van der Waals surface area contributed by atoms with E-state index in [1.807, 2.05) is 41.4 Å². The molecule has 8 heteroatoms. The Morgan fingerprint density at radius 3 is 2.77 bits per heavy atom. The van der Waals surface area contributed by atoms with Gasteiger partial charge in [-0.15, -0.1) is 11.3 Å². The van der Waals surface area contributed by atoms with E-state index in [1.54, 1.807) is 11.3 Å². The first kappa shape index (κ1) is 25.2. The van der Waals surface area contributed by atoms with Crippen molar-refractivity contribution < 1.29 is 4.79 Å². The van der Waals surface area contributed by atoms with Crippen molar-refractivity contribution in [2.75, 3.05) is 13.1 Å². The second-order valence-corrected chi connectivity index (χ2v) is 11.2. The summed E-state index contributed by atoms with van der Waals surface area (Å²) in [5.74, 6) is -0.0320. The summed E-state index contributed by atoms with van der Waals surface area (Å²) in [6, 6.07) is 18.3. The Bertz CT molecular complexity index is 1810. The van der Waals surface area contributed by atoms with Gasteiger partial charge in [0, 0.05) is 41.7 Å². The largest absolute Gasteiger partial charge is 0.380 e. The van der Waals surface area contributed by atoms with Crippen molar-refractivity contribution in [3.05, 3.63) is 95.4 Å². The van der Waals surface area contributed by atoms with Crippen molar-refractivity contribution in [1.29, 1.82) is 0 Å². The lowest BCUT2D eigenvalue weighted by atomic mass is 10.0. The van der Waals surface area contributed by atoms with E-state index in [0.29, 0.717) is 11.6 Å². The number of piperidine rings is 1. The molecule has 39 heavy (non-hydrogen) atoms. The zero-order chi connectivity index (χ0) is 27.1. The molecule has 1 fully saturated rings. The fraction of sp³-hybridized carbons (Fsp3) is 0.161. The molecule has 3 aromatic heterocycles. The summed E-state index contributed by atoms with van der Waals surface area (Å²) in [6.07, 6.45) is 5.13. The molecule has 1 amide bonds. The monoisotopic (exact) mass is 553 g/mol. The van der Waals surface area contributed by atoms with Crippen LogP contribution in [0.5, 0.6) is 0 Å². The first-order chi connectivity index (χ1) is 18.9. The number of hydrogen-bond acceptors (Lipinski definition) is 4. The van der Waals surface area contributed by atoms with Gasteiger partial charge < -0.3 is 15.2 Å². The molecule has 1 aliphatic rings. The van der Waals surface area contributed by atoms with Crippen molar-refractivity contribution >= 4 is 62.4 Å². The Labute approximate surface area is 235 Å². The van der Waals surface area contributed by atoms with Crippen LogP contribution < -0.4 is 10.8 Å². The minimum absolute atomic E-state index is 0.0320. The maximum absolute atomic E-state index is 12.2. The van der Waals surface area contributed by atoms with E-state index < -0.39 is 0 Å². The molecule has 0 radical (unpaired) electrons. The lowest BCUT2D eigenvalue weighted by Gasteiger charge is -2.33. The molecule has 0 unspecified atom stereocenters. The summed E-state index contributed by atoms with van der Waals surface area (Å²) < 4.78 is 2.12. The normalized spacial score (nSPS) is 15.5. The van der Waals surface area contributed by atoms with Crippen molar-refractivity contribution in [3.63, 3.8) is 0 Å². The predicted octanol–water partition coefficient (Wildman–Crippen LogP) is 6.32. The summed E-state index contributed by atoms with van der Waals surface area (Å²) in [5, 5.41) is 5.32. The van der Waals surface area contributed by atoms with Crippen LogP contribution >= 0.6 is 22.9 Å². The van der Waals surface area contributed by atoms with Crippen LogP contribution in [0.25, 0.3) is 50.3 Å². The zero-order valence-corrected chi connectivity index (χ0v) is 23.0. The molecule has 0 saturated carbocycles. The Kier molecular flexibility index (Phi) is 6.62. The number of likely N-dealkylation sites (tertiary alicyclic amines) is 1. The number of hydrogen-bond donors (Lipinski definition) is 2. The van der Waals surface area contributed by atoms with Crippen LogP contribution in [-0.2, 0) is 4.79 Å². The van der Waals surface area contributed by atoms with Crippen LogP contribution in [0.3, 0.4) is 0 Å². The van der Waals surface area contributed by atoms with E-state index >= 15 is 0 Å². The number of aromatic amines is 1. The molecule has 1 saturated heterocycles. The quantitative estimate of drug-likeness (QED) is 0.242. The highest BCUT2D eigenvalue weighted by molar-refractivity contribution is 7.20. The van der Waals surface area contributed by atoms with Gasteiger partial charge in [0.15, 0.2) is 0 Å². The molecule has 196 valence electrons. The van der Waals surface area contributed by atoms with Crippen LogP contribution in [0.15, 0.2) is 80.0 Å². The Hall–Kier alpha value is -4.07. The molecule has 5 aromatic rings. The van der Waals surface area contributed by atoms with Crippen LogP contribution in [-0.4, -0.2) is 44.5 Å². The van der Waals surface area contributed by atoms with Crippen molar-refractivity contribution in [3.8, 4) is 16.8 Å². The number of benzene rings is 2. The van der Waals surface area contributed by atoms with E-state index in [1.165, 1.54) is 6.08 Å². The first-order valence-electron chi connectivity index (χ1n) is 12.8. The number of thiophene rings is 1.